The summed E-state index contributed by atoms with van der Waals surface area (Å²) in [6.07, 6.45) is 0. The molecule has 14 heavy (non-hydrogen) atoms. The smallest absolute Gasteiger partial charge is 0.325 e. The Labute approximate surface area is 84.1 Å². The minimum Gasteiger partial charge on any atom is -0.376 e. The van der Waals surface area contributed by atoms with E-state index < -0.39 is 0 Å². The number of likely N-dealkylation sites (N-methyl/N-ethyl adjacent to an activating group) is 1. The van der Waals surface area contributed by atoms with Gasteiger partial charge in [0, 0.05) is 12.2 Å². The Morgan fingerprint density at radius 3 is 2.57 bits per heavy atom. The van der Waals surface area contributed by atoms with Crippen LogP contribution in [-0.2, 0) is 4.74 Å². The number of urea groups is 1. The minimum atomic E-state index is -0.112. The van der Waals surface area contributed by atoms with Gasteiger partial charge >= 0.3 is 6.03 Å². The van der Waals surface area contributed by atoms with Crippen molar-refractivity contribution in [2.45, 2.75) is 19.4 Å². The average molecular weight is 196 g/mol. The molecule has 0 aromatic rings. The number of amides is 2. The first-order valence-electron chi connectivity index (χ1n) is 4.93. The number of allylic oxidation sites excluding steroid dienone is 1. The summed E-state index contributed by atoms with van der Waals surface area (Å²) in [5, 5.41) is 0. The molecule has 0 bridgehead atoms. The molecule has 4 nitrogen and oxygen atoms in total. The monoisotopic (exact) mass is 196 g/mol. The molecule has 2 amide bonds. The van der Waals surface area contributed by atoms with E-state index in [0.29, 0.717) is 13.2 Å². The molecule has 0 unspecified atom stereocenters. The molecule has 0 aromatic carbocycles. The van der Waals surface area contributed by atoms with Crippen LogP contribution < -0.4 is 0 Å². The molecule has 1 spiro atoms. The lowest BCUT2D eigenvalue weighted by Crippen LogP contribution is -2.60. The Balaban J connectivity index is 2.26. The van der Waals surface area contributed by atoms with Crippen molar-refractivity contribution in [3.8, 4) is 0 Å². The van der Waals surface area contributed by atoms with E-state index in [9.17, 15) is 4.79 Å². The quantitative estimate of drug-likeness (QED) is 0.661. The normalized spacial score (nSPS) is 24.3. The Hall–Kier alpha value is -1.03. The molecular formula is C10H16N2O2. The second-order valence-electron chi connectivity index (χ2n) is 4.08. The van der Waals surface area contributed by atoms with Gasteiger partial charge < -0.3 is 9.64 Å². The van der Waals surface area contributed by atoms with E-state index in [-0.39, 0.29) is 11.6 Å². The lowest BCUT2D eigenvalue weighted by Gasteiger charge is -2.43. The fourth-order valence-corrected chi connectivity index (χ4v) is 2.21. The van der Waals surface area contributed by atoms with Crippen LogP contribution in [0.25, 0.3) is 0 Å². The zero-order chi connectivity index (χ0) is 10.3. The fourth-order valence-electron chi connectivity index (χ4n) is 2.21. The van der Waals surface area contributed by atoms with E-state index in [4.69, 9.17) is 4.74 Å². The van der Waals surface area contributed by atoms with E-state index in [1.54, 1.807) is 4.90 Å². The predicted molar refractivity (Wildman–Crippen MR) is 52.8 cm³/mol. The predicted octanol–water partition coefficient (Wildman–Crippen LogP) is 1.05. The Bertz CT molecular complexity index is 284. The average Bonchev–Trinajstić information content (AvgIpc) is 2.37. The first kappa shape index (κ1) is 9.52. The van der Waals surface area contributed by atoms with Crippen LogP contribution in [0.3, 0.4) is 0 Å². The Morgan fingerprint density at radius 2 is 2.29 bits per heavy atom. The van der Waals surface area contributed by atoms with Crippen molar-refractivity contribution in [2.75, 3.05) is 26.3 Å². The summed E-state index contributed by atoms with van der Waals surface area (Å²) < 4.78 is 5.22. The van der Waals surface area contributed by atoms with Crippen LogP contribution in [0.2, 0.25) is 0 Å². The third-order valence-electron chi connectivity index (χ3n) is 2.93. The van der Waals surface area contributed by atoms with Crippen LogP contribution in [0.1, 0.15) is 13.8 Å². The van der Waals surface area contributed by atoms with Gasteiger partial charge in [-0.05, 0) is 13.8 Å². The molecular weight excluding hydrogens is 180 g/mol. The van der Waals surface area contributed by atoms with Crippen molar-refractivity contribution in [2.24, 2.45) is 0 Å². The van der Waals surface area contributed by atoms with Crippen molar-refractivity contribution in [3.63, 3.8) is 0 Å². The van der Waals surface area contributed by atoms with Gasteiger partial charge in [-0.15, -0.1) is 0 Å². The van der Waals surface area contributed by atoms with Crippen LogP contribution in [0.5, 0.6) is 0 Å². The summed E-state index contributed by atoms with van der Waals surface area (Å²) in [5.74, 6) is 0. The fraction of sp³-hybridized carbons (Fsp3) is 0.700. The number of hydrogen-bond acceptors (Lipinski definition) is 2. The Kier molecular flexibility index (Phi) is 2.03. The summed E-state index contributed by atoms with van der Waals surface area (Å²) in [6.45, 7) is 10.5. The van der Waals surface area contributed by atoms with Gasteiger partial charge in [0.15, 0.2) is 0 Å². The maximum atomic E-state index is 11.9. The van der Waals surface area contributed by atoms with Crippen molar-refractivity contribution >= 4 is 6.03 Å². The second kappa shape index (κ2) is 2.98. The number of carbonyl (C=O) groups is 1. The molecule has 2 fully saturated rings. The summed E-state index contributed by atoms with van der Waals surface area (Å²) in [5.41, 5.74) is 0.702. The largest absolute Gasteiger partial charge is 0.376 e. The molecule has 2 aliphatic heterocycles. The molecule has 2 heterocycles. The van der Waals surface area contributed by atoms with Gasteiger partial charge in [-0.1, -0.05) is 6.58 Å². The van der Waals surface area contributed by atoms with Crippen LogP contribution >= 0.6 is 0 Å². The third kappa shape index (κ3) is 1.07. The molecule has 0 aromatic heterocycles. The van der Waals surface area contributed by atoms with E-state index in [2.05, 4.69) is 6.58 Å². The summed E-state index contributed by atoms with van der Waals surface area (Å²) in [6, 6.07) is 0.0725. The van der Waals surface area contributed by atoms with Gasteiger partial charge in [-0.25, -0.2) is 4.79 Å². The minimum absolute atomic E-state index is 0.0725. The van der Waals surface area contributed by atoms with Crippen molar-refractivity contribution in [1.82, 2.24) is 9.80 Å². The zero-order valence-electron chi connectivity index (χ0n) is 8.75. The lowest BCUT2D eigenvalue weighted by atomic mass is 9.96. The first-order chi connectivity index (χ1) is 6.60. The number of nitrogens with zero attached hydrogens (tertiary/aromatic N) is 2. The molecule has 0 aliphatic carbocycles. The standard InChI is InChI=1S/C10H16N2O2/c1-4-11-5-10(6-14-7-10)12(8(2)3)9(11)13/h2,4-7H2,1,3H3. The van der Waals surface area contributed by atoms with Gasteiger partial charge in [-0.2, -0.15) is 0 Å². The highest BCUT2D eigenvalue weighted by Crippen LogP contribution is 2.35. The first-order valence-corrected chi connectivity index (χ1v) is 4.93. The number of carbonyl (C=O) groups excluding carboxylic acids is 1. The molecule has 2 saturated heterocycles. The van der Waals surface area contributed by atoms with Crippen LogP contribution in [0, 0.1) is 0 Å². The molecule has 0 N–H and O–H groups in total. The van der Waals surface area contributed by atoms with E-state index in [1.165, 1.54) is 0 Å². The van der Waals surface area contributed by atoms with E-state index in [1.807, 2.05) is 18.7 Å². The van der Waals surface area contributed by atoms with Crippen LogP contribution in [-0.4, -0.2) is 47.7 Å². The highest BCUT2D eigenvalue weighted by atomic mass is 16.5. The molecule has 2 aliphatic rings. The van der Waals surface area contributed by atoms with Crippen molar-refractivity contribution in [1.29, 1.82) is 0 Å². The number of ether oxygens (including phenoxy) is 1. The van der Waals surface area contributed by atoms with Gasteiger partial charge in [0.05, 0.1) is 19.8 Å². The topological polar surface area (TPSA) is 32.8 Å². The maximum absolute atomic E-state index is 11.9. The van der Waals surface area contributed by atoms with Gasteiger partial charge in [0.1, 0.15) is 5.54 Å². The number of rotatable bonds is 2. The van der Waals surface area contributed by atoms with Crippen molar-refractivity contribution in [3.05, 3.63) is 12.3 Å². The molecule has 2 rings (SSSR count). The maximum Gasteiger partial charge on any atom is 0.325 e. The zero-order valence-corrected chi connectivity index (χ0v) is 8.75. The second-order valence-corrected chi connectivity index (χ2v) is 4.08. The molecule has 4 heteroatoms. The van der Waals surface area contributed by atoms with Crippen molar-refractivity contribution < 1.29 is 9.53 Å². The highest BCUT2D eigenvalue weighted by Gasteiger charge is 2.54. The van der Waals surface area contributed by atoms with E-state index in [0.717, 1.165) is 18.8 Å². The SMILES string of the molecule is C=C(C)N1C(=O)N(CC)CC12COC2. The van der Waals surface area contributed by atoms with Crippen LogP contribution in [0.4, 0.5) is 4.79 Å². The molecule has 78 valence electrons. The summed E-state index contributed by atoms with van der Waals surface area (Å²) in [4.78, 5) is 15.6. The summed E-state index contributed by atoms with van der Waals surface area (Å²) >= 11 is 0. The lowest BCUT2D eigenvalue weighted by molar-refractivity contribution is -0.0986. The Morgan fingerprint density at radius 1 is 1.64 bits per heavy atom. The van der Waals surface area contributed by atoms with E-state index >= 15 is 0 Å². The molecule has 0 saturated carbocycles. The molecule has 0 radical (unpaired) electrons. The van der Waals surface area contributed by atoms with Crippen LogP contribution in [0.15, 0.2) is 12.3 Å². The summed E-state index contributed by atoms with van der Waals surface area (Å²) in [7, 11) is 0. The number of hydrogen-bond donors (Lipinski definition) is 0. The highest BCUT2D eigenvalue weighted by molar-refractivity contribution is 5.80. The third-order valence-corrected chi connectivity index (χ3v) is 2.93. The van der Waals surface area contributed by atoms with Gasteiger partial charge in [0.2, 0.25) is 0 Å². The van der Waals surface area contributed by atoms with Gasteiger partial charge in [-0.3, -0.25) is 4.90 Å². The van der Waals surface area contributed by atoms with Gasteiger partial charge in [0.25, 0.3) is 0 Å². The molecule has 0 atom stereocenters.